The lowest BCUT2D eigenvalue weighted by molar-refractivity contribution is 0.267. The van der Waals surface area contributed by atoms with E-state index in [-0.39, 0.29) is 0 Å². The molecule has 0 N–H and O–H groups in total. The third kappa shape index (κ3) is 1.98. The Morgan fingerprint density at radius 1 is 0.929 bits per heavy atom. The molecule has 0 nitrogen and oxygen atoms in total. The summed E-state index contributed by atoms with van der Waals surface area (Å²) >= 11 is 2.20. The molecule has 0 aromatic carbocycles. The topological polar surface area (TPSA) is 0 Å². The van der Waals surface area contributed by atoms with Crippen LogP contribution in [-0.2, 0) is 0 Å². The molecule has 0 radical (unpaired) electrons. The highest BCUT2D eigenvalue weighted by molar-refractivity contribution is 7.99. The minimum absolute atomic E-state index is 1.07. The Balaban J connectivity index is 2.07. The Kier molecular flexibility index (Phi) is 3.81. The van der Waals surface area contributed by atoms with Crippen LogP contribution >= 0.6 is 11.8 Å². The maximum absolute atomic E-state index is 2.40. The number of hydrogen-bond donors (Lipinski definition) is 0. The molecule has 0 spiro atoms. The van der Waals surface area contributed by atoms with Crippen molar-refractivity contribution in [1.82, 2.24) is 0 Å². The molecule has 2 rings (SSSR count). The van der Waals surface area contributed by atoms with E-state index in [0.29, 0.717) is 0 Å². The SMILES string of the molecule is CCC1C[C@H](CC)C2CCSCC[C@H]12. The van der Waals surface area contributed by atoms with E-state index in [9.17, 15) is 0 Å². The molecule has 1 saturated heterocycles. The highest BCUT2D eigenvalue weighted by Crippen LogP contribution is 2.49. The maximum atomic E-state index is 2.40. The molecule has 0 amide bonds. The molecule has 1 saturated carbocycles. The standard InChI is InChI=1S/C13H24S/c1-3-10-9-11(4-2)13-6-8-14-7-5-12(10)13/h10-13H,3-9H2,1-2H3/t10-,11?,12?,13+/m0/s1. The minimum Gasteiger partial charge on any atom is -0.162 e. The number of thioether (sulfide) groups is 1. The first-order valence-corrected chi connectivity index (χ1v) is 7.60. The summed E-state index contributed by atoms with van der Waals surface area (Å²) in [4.78, 5) is 0. The van der Waals surface area contributed by atoms with E-state index >= 15 is 0 Å². The van der Waals surface area contributed by atoms with E-state index in [1.54, 1.807) is 6.42 Å². The Morgan fingerprint density at radius 3 is 1.86 bits per heavy atom. The predicted molar refractivity (Wildman–Crippen MR) is 65.7 cm³/mol. The fourth-order valence-corrected chi connectivity index (χ4v) is 4.90. The van der Waals surface area contributed by atoms with Crippen LogP contribution < -0.4 is 0 Å². The van der Waals surface area contributed by atoms with Crippen molar-refractivity contribution in [2.24, 2.45) is 23.7 Å². The molecule has 2 unspecified atom stereocenters. The van der Waals surface area contributed by atoms with Crippen LogP contribution in [0.4, 0.5) is 0 Å². The van der Waals surface area contributed by atoms with Crippen molar-refractivity contribution in [1.29, 1.82) is 0 Å². The lowest BCUT2D eigenvalue weighted by Gasteiger charge is -2.23. The second-order valence-corrected chi connectivity index (χ2v) is 6.31. The molecule has 14 heavy (non-hydrogen) atoms. The van der Waals surface area contributed by atoms with E-state index < -0.39 is 0 Å². The summed E-state index contributed by atoms with van der Waals surface area (Å²) in [6, 6.07) is 0. The number of hydrogen-bond acceptors (Lipinski definition) is 1. The van der Waals surface area contributed by atoms with Gasteiger partial charge in [0.2, 0.25) is 0 Å². The van der Waals surface area contributed by atoms with Gasteiger partial charge >= 0.3 is 0 Å². The third-order valence-corrected chi connectivity index (χ3v) is 5.65. The molecule has 0 aromatic heterocycles. The van der Waals surface area contributed by atoms with Gasteiger partial charge in [0.1, 0.15) is 0 Å². The van der Waals surface area contributed by atoms with E-state index in [2.05, 4.69) is 25.6 Å². The van der Waals surface area contributed by atoms with Crippen molar-refractivity contribution in [3.05, 3.63) is 0 Å². The van der Waals surface area contributed by atoms with Crippen LogP contribution in [0, 0.1) is 23.7 Å². The zero-order valence-electron chi connectivity index (χ0n) is 9.67. The average Bonchev–Trinajstić information content (AvgIpc) is 2.39. The molecule has 82 valence electrons. The molecule has 1 aliphatic carbocycles. The predicted octanol–water partition coefficient (Wildman–Crippen LogP) is 4.20. The van der Waals surface area contributed by atoms with Crippen LogP contribution in [0.5, 0.6) is 0 Å². The van der Waals surface area contributed by atoms with Crippen molar-refractivity contribution < 1.29 is 0 Å². The van der Waals surface area contributed by atoms with Gasteiger partial charge in [-0.2, -0.15) is 11.8 Å². The lowest BCUT2D eigenvalue weighted by Crippen LogP contribution is -2.17. The van der Waals surface area contributed by atoms with E-state index in [0.717, 1.165) is 23.7 Å². The minimum atomic E-state index is 1.07. The van der Waals surface area contributed by atoms with Gasteiger partial charge in [0.25, 0.3) is 0 Å². The van der Waals surface area contributed by atoms with Gasteiger partial charge in [0, 0.05) is 0 Å². The maximum Gasteiger partial charge on any atom is -0.00647 e. The average molecular weight is 212 g/mol. The molecule has 1 aliphatic heterocycles. The molecule has 1 heterocycles. The molecule has 2 fully saturated rings. The first-order valence-electron chi connectivity index (χ1n) is 6.44. The summed E-state index contributed by atoms with van der Waals surface area (Å²) in [5.41, 5.74) is 0. The Labute approximate surface area is 93.2 Å². The fraction of sp³-hybridized carbons (Fsp3) is 1.00. The summed E-state index contributed by atoms with van der Waals surface area (Å²) in [7, 11) is 0. The molecule has 1 heteroatoms. The number of rotatable bonds is 2. The normalized spacial score (nSPS) is 43.3. The Hall–Kier alpha value is 0.350. The summed E-state index contributed by atoms with van der Waals surface area (Å²) in [5.74, 6) is 7.22. The molecule has 0 aromatic rings. The highest BCUT2D eigenvalue weighted by atomic mass is 32.2. The first kappa shape index (κ1) is 10.9. The van der Waals surface area contributed by atoms with Crippen LogP contribution in [0.25, 0.3) is 0 Å². The monoisotopic (exact) mass is 212 g/mol. The molecular weight excluding hydrogens is 188 g/mol. The molecule has 4 atom stereocenters. The molecule has 0 bridgehead atoms. The summed E-state index contributed by atoms with van der Waals surface area (Å²) in [6.07, 6.45) is 7.45. The van der Waals surface area contributed by atoms with Crippen LogP contribution in [0.1, 0.15) is 46.0 Å². The molecular formula is C13H24S. The lowest BCUT2D eigenvalue weighted by atomic mass is 9.82. The zero-order chi connectivity index (χ0) is 9.97. The third-order valence-electron chi connectivity index (χ3n) is 4.61. The largest absolute Gasteiger partial charge is 0.162 e. The van der Waals surface area contributed by atoms with Gasteiger partial charge in [-0.1, -0.05) is 26.7 Å². The van der Waals surface area contributed by atoms with Gasteiger partial charge in [-0.15, -0.1) is 0 Å². The van der Waals surface area contributed by atoms with Crippen molar-refractivity contribution >= 4 is 11.8 Å². The summed E-state index contributed by atoms with van der Waals surface area (Å²) in [6.45, 7) is 4.80. The second kappa shape index (κ2) is 4.92. The second-order valence-electron chi connectivity index (χ2n) is 5.09. The fourth-order valence-electron chi connectivity index (χ4n) is 3.82. The van der Waals surface area contributed by atoms with Gasteiger partial charge in [-0.05, 0) is 54.4 Å². The summed E-state index contributed by atoms with van der Waals surface area (Å²) in [5, 5.41) is 0. The van der Waals surface area contributed by atoms with E-state index in [1.165, 1.54) is 37.2 Å². The van der Waals surface area contributed by atoms with Crippen molar-refractivity contribution in [2.45, 2.75) is 46.0 Å². The van der Waals surface area contributed by atoms with Gasteiger partial charge in [0.15, 0.2) is 0 Å². The van der Waals surface area contributed by atoms with Gasteiger partial charge < -0.3 is 0 Å². The van der Waals surface area contributed by atoms with E-state index in [4.69, 9.17) is 0 Å². The van der Waals surface area contributed by atoms with Gasteiger partial charge in [-0.25, -0.2) is 0 Å². The zero-order valence-corrected chi connectivity index (χ0v) is 10.5. The van der Waals surface area contributed by atoms with Crippen molar-refractivity contribution in [3.8, 4) is 0 Å². The van der Waals surface area contributed by atoms with Crippen LogP contribution in [-0.4, -0.2) is 11.5 Å². The smallest absolute Gasteiger partial charge is 0.00647 e. The Morgan fingerprint density at radius 2 is 1.43 bits per heavy atom. The van der Waals surface area contributed by atoms with Crippen LogP contribution in [0.3, 0.4) is 0 Å². The molecule has 2 aliphatic rings. The van der Waals surface area contributed by atoms with Crippen molar-refractivity contribution in [3.63, 3.8) is 0 Å². The van der Waals surface area contributed by atoms with Crippen LogP contribution in [0.15, 0.2) is 0 Å². The van der Waals surface area contributed by atoms with Crippen molar-refractivity contribution in [2.75, 3.05) is 11.5 Å². The van der Waals surface area contributed by atoms with E-state index in [1.807, 2.05) is 0 Å². The van der Waals surface area contributed by atoms with Gasteiger partial charge in [0.05, 0.1) is 0 Å². The number of fused-ring (bicyclic) bond motifs is 1. The summed E-state index contributed by atoms with van der Waals surface area (Å²) < 4.78 is 0. The highest BCUT2D eigenvalue weighted by Gasteiger charge is 2.41. The Bertz CT molecular complexity index is 160. The van der Waals surface area contributed by atoms with Crippen LogP contribution in [0.2, 0.25) is 0 Å². The quantitative estimate of drug-likeness (QED) is 0.661. The first-order chi connectivity index (χ1) is 6.86. The van der Waals surface area contributed by atoms with Gasteiger partial charge in [-0.3, -0.25) is 0 Å².